The Morgan fingerprint density at radius 2 is 2.00 bits per heavy atom. The lowest BCUT2D eigenvalue weighted by molar-refractivity contribution is 0.543. The Hall–Kier alpha value is -1.69. The van der Waals surface area contributed by atoms with E-state index in [0.717, 1.165) is 0 Å². The van der Waals surface area contributed by atoms with E-state index in [0.29, 0.717) is 11.8 Å². The largest absolute Gasteiger partial charge is 0.368 e. The van der Waals surface area contributed by atoms with Gasteiger partial charge in [0.1, 0.15) is 5.82 Å². The molecule has 0 bridgehead atoms. The second-order valence-corrected chi connectivity index (χ2v) is 6.45. The highest BCUT2D eigenvalue weighted by molar-refractivity contribution is 7.10. The highest BCUT2D eigenvalue weighted by Gasteiger charge is 2.20. The minimum Gasteiger partial charge on any atom is -0.368 e. The summed E-state index contributed by atoms with van der Waals surface area (Å²) in [5, 5.41) is 5.32. The summed E-state index contributed by atoms with van der Waals surface area (Å²) in [6.45, 7) is 8.22. The Morgan fingerprint density at radius 3 is 2.58 bits per heavy atom. The maximum atomic E-state index is 5.75. The van der Waals surface area contributed by atoms with Crippen LogP contribution in [0.2, 0.25) is 0 Å². The molecule has 0 amide bonds. The molecule has 102 valence electrons. The summed E-state index contributed by atoms with van der Waals surface area (Å²) < 4.78 is 0. The maximum Gasteiger partial charge on any atom is 0.228 e. The molecule has 0 aliphatic rings. The van der Waals surface area contributed by atoms with Gasteiger partial charge in [-0.3, -0.25) is 0 Å². The number of rotatable bonds is 3. The summed E-state index contributed by atoms with van der Waals surface area (Å²) >= 11 is 1.70. The molecule has 19 heavy (non-hydrogen) atoms. The fourth-order valence-electron chi connectivity index (χ4n) is 1.59. The van der Waals surface area contributed by atoms with E-state index in [-0.39, 0.29) is 17.4 Å². The first-order chi connectivity index (χ1) is 8.86. The van der Waals surface area contributed by atoms with Crippen LogP contribution in [0.25, 0.3) is 0 Å². The van der Waals surface area contributed by atoms with Gasteiger partial charge in [-0.15, -0.1) is 11.3 Å². The lowest BCUT2D eigenvalue weighted by atomic mass is 9.96. The van der Waals surface area contributed by atoms with Crippen LogP contribution in [0, 0.1) is 0 Å². The molecule has 1 atom stereocenters. The predicted octanol–water partition coefficient (Wildman–Crippen LogP) is 2.99. The summed E-state index contributed by atoms with van der Waals surface area (Å²) in [5.74, 6) is 1.47. The average Bonchev–Trinajstić information content (AvgIpc) is 2.80. The maximum absolute atomic E-state index is 5.75. The lowest BCUT2D eigenvalue weighted by Gasteiger charge is -2.18. The minimum atomic E-state index is -0.153. The highest BCUT2D eigenvalue weighted by atomic mass is 32.1. The van der Waals surface area contributed by atoms with Crippen LogP contribution in [0.1, 0.15) is 44.4 Å². The molecule has 0 radical (unpaired) electrons. The van der Waals surface area contributed by atoms with Crippen molar-refractivity contribution in [2.75, 3.05) is 11.1 Å². The Morgan fingerprint density at radius 1 is 1.26 bits per heavy atom. The number of aromatic nitrogens is 3. The van der Waals surface area contributed by atoms with Gasteiger partial charge < -0.3 is 11.1 Å². The zero-order valence-corrected chi connectivity index (χ0v) is 12.5. The molecular weight excluding hydrogens is 258 g/mol. The van der Waals surface area contributed by atoms with Crippen molar-refractivity contribution in [1.29, 1.82) is 0 Å². The molecular formula is C13H19N5S. The molecule has 0 aliphatic heterocycles. The van der Waals surface area contributed by atoms with Crippen molar-refractivity contribution in [1.82, 2.24) is 15.0 Å². The summed E-state index contributed by atoms with van der Waals surface area (Å²) in [6, 6.07) is 4.26. The van der Waals surface area contributed by atoms with Crippen LogP contribution >= 0.6 is 11.3 Å². The van der Waals surface area contributed by atoms with Crippen molar-refractivity contribution >= 4 is 23.2 Å². The third-order valence-electron chi connectivity index (χ3n) is 2.64. The number of hydrogen-bond acceptors (Lipinski definition) is 6. The molecule has 2 aromatic heterocycles. The third kappa shape index (κ3) is 3.41. The number of nitrogens with one attached hydrogen (secondary N) is 1. The van der Waals surface area contributed by atoms with E-state index in [9.17, 15) is 0 Å². The second-order valence-electron chi connectivity index (χ2n) is 5.47. The third-order valence-corrected chi connectivity index (χ3v) is 3.69. The Bertz CT molecular complexity index is 545. The monoisotopic (exact) mass is 277 g/mol. The molecule has 2 rings (SSSR count). The van der Waals surface area contributed by atoms with E-state index in [2.05, 4.69) is 38.6 Å². The van der Waals surface area contributed by atoms with E-state index in [4.69, 9.17) is 5.73 Å². The molecule has 1 unspecified atom stereocenters. The van der Waals surface area contributed by atoms with Gasteiger partial charge >= 0.3 is 0 Å². The molecule has 3 N–H and O–H groups in total. The van der Waals surface area contributed by atoms with Gasteiger partial charge in [0.15, 0.2) is 0 Å². The van der Waals surface area contributed by atoms with Crippen LogP contribution in [-0.4, -0.2) is 15.0 Å². The van der Waals surface area contributed by atoms with Crippen LogP contribution < -0.4 is 11.1 Å². The van der Waals surface area contributed by atoms with E-state index in [1.807, 2.05) is 26.8 Å². The van der Waals surface area contributed by atoms with E-state index >= 15 is 0 Å². The lowest BCUT2D eigenvalue weighted by Crippen LogP contribution is -2.20. The van der Waals surface area contributed by atoms with Gasteiger partial charge in [0.05, 0.1) is 6.04 Å². The van der Waals surface area contributed by atoms with Crippen LogP contribution in [0.3, 0.4) is 0 Å². The fourth-order valence-corrected chi connectivity index (χ4v) is 2.33. The first-order valence-electron chi connectivity index (χ1n) is 6.18. The first kappa shape index (κ1) is 13.7. The average molecular weight is 277 g/mol. The summed E-state index contributed by atoms with van der Waals surface area (Å²) in [7, 11) is 0. The van der Waals surface area contributed by atoms with Crippen molar-refractivity contribution < 1.29 is 0 Å². The van der Waals surface area contributed by atoms with Crippen molar-refractivity contribution in [2.24, 2.45) is 0 Å². The van der Waals surface area contributed by atoms with Gasteiger partial charge in [0, 0.05) is 10.3 Å². The summed E-state index contributed by atoms with van der Waals surface area (Å²) in [4.78, 5) is 14.0. The SMILES string of the molecule is CC(Nc1nc(N)nc(C(C)(C)C)n1)c1cccs1. The van der Waals surface area contributed by atoms with Crippen molar-refractivity contribution in [3.05, 3.63) is 28.2 Å². The number of nitrogens with zero attached hydrogens (tertiary/aromatic N) is 3. The van der Waals surface area contributed by atoms with E-state index in [1.165, 1.54) is 4.88 Å². The van der Waals surface area contributed by atoms with Gasteiger partial charge in [0.2, 0.25) is 11.9 Å². The molecule has 2 heterocycles. The summed E-state index contributed by atoms with van der Waals surface area (Å²) in [6.07, 6.45) is 0. The number of thiophene rings is 1. The standard InChI is InChI=1S/C13H19N5S/c1-8(9-6-5-7-19-9)15-12-17-10(13(2,3)4)16-11(14)18-12/h5-8H,1-4H3,(H3,14,15,16,17,18). The smallest absolute Gasteiger partial charge is 0.228 e. The van der Waals surface area contributed by atoms with Gasteiger partial charge in [-0.1, -0.05) is 26.8 Å². The van der Waals surface area contributed by atoms with Crippen molar-refractivity contribution in [2.45, 2.75) is 39.2 Å². The quantitative estimate of drug-likeness (QED) is 0.902. The molecule has 2 aromatic rings. The predicted molar refractivity (Wildman–Crippen MR) is 79.3 cm³/mol. The normalized spacial score (nSPS) is 13.3. The molecule has 6 heteroatoms. The molecule has 0 saturated heterocycles. The highest BCUT2D eigenvalue weighted by Crippen LogP contribution is 2.23. The minimum absolute atomic E-state index is 0.148. The molecule has 0 spiro atoms. The summed E-state index contributed by atoms with van der Waals surface area (Å²) in [5.41, 5.74) is 5.60. The van der Waals surface area contributed by atoms with Gasteiger partial charge in [-0.2, -0.15) is 15.0 Å². The van der Waals surface area contributed by atoms with Gasteiger partial charge in [-0.05, 0) is 18.4 Å². The van der Waals surface area contributed by atoms with Crippen molar-refractivity contribution in [3.8, 4) is 0 Å². The first-order valence-corrected chi connectivity index (χ1v) is 7.06. The zero-order valence-electron chi connectivity index (χ0n) is 11.6. The fraction of sp³-hybridized carbons (Fsp3) is 0.462. The second kappa shape index (κ2) is 5.13. The molecule has 5 nitrogen and oxygen atoms in total. The molecule has 0 saturated carbocycles. The topological polar surface area (TPSA) is 76.7 Å². The van der Waals surface area contributed by atoms with E-state index in [1.54, 1.807) is 11.3 Å². The van der Waals surface area contributed by atoms with Crippen LogP contribution in [0.5, 0.6) is 0 Å². The van der Waals surface area contributed by atoms with Crippen LogP contribution in [0.4, 0.5) is 11.9 Å². The van der Waals surface area contributed by atoms with Crippen LogP contribution in [0.15, 0.2) is 17.5 Å². The number of nitrogen functional groups attached to an aromatic ring is 1. The Balaban J connectivity index is 2.23. The Kier molecular flexibility index (Phi) is 3.71. The van der Waals surface area contributed by atoms with Crippen molar-refractivity contribution in [3.63, 3.8) is 0 Å². The van der Waals surface area contributed by atoms with Crippen LogP contribution in [-0.2, 0) is 5.41 Å². The van der Waals surface area contributed by atoms with Gasteiger partial charge in [0.25, 0.3) is 0 Å². The number of nitrogens with two attached hydrogens (primary N) is 1. The van der Waals surface area contributed by atoms with Gasteiger partial charge in [-0.25, -0.2) is 0 Å². The molecule has 0 aliphatic carbocycles. The molecule has 0 aromatic carbocycles. The number of anilines is 2. The Labute approximate surface area is 117 Å². The zero-order chi connectivity index (χ0) is 14.0. The van der Waals surface area contributed by atoms with E-state index < -0.39 is 0 Å². The molecule has 0 fully saturated rings. The number of hydrogen-bond donors (Lipinski definition) is 2.